The quantitative estimate of drug-likeness (QED) is 0.0651. The average molecular weight is 1620 g/mol. The Bertz CT molecular complexity index is 4640. The summed E-state index contributed by atoms with van der Waals surface area (Å²) in [6.07, 6.45) is -18.8. The third-order valence-corrected chi connectivity index (χ3v) is 20.2. The standard InChI is InChI=1S/C74H82Cl3N11O24/c1-28(2)16-41(80-5)66(100)87-57-59(95)31-7-14-45(39(76)18-31)108-47-20-33-21-48(63(47)112-73-64(62(98)61(97)49(27-89)110-73)111-52-25-74(4,79)65(99)29(3)107-52)109-46-15-8-32(19-40(46)77)60(96)58-72(106)86-56(68(102)81-26-51(94)82-35-11-9-34(75)10-12-35)38-22-36(90)23-44(92)53(38)37-17-30(6-13-43(37)91)54(69(103)88-58)85-70(104)55(33)84-67(101)42(24-50(78)93)83-71(57)105/h6-15,17-23,28-29,41-42,49,52,54-62,64-65,73,80,89-92,95-99H,16,24-27,79H2,1-5H3,(H2,78,93)(H,81,102)(H,82,94)(H,83,105)(H,84,101)(H,85,104)(H,86,106)(H,87,100)(H,88,103)/t29-,41+,42-,49+,52?,54+,55?,56?,57+,58-,59+,60+,61+,62-,64+,65+,73-,74-/m0/s1. The van der Waals surface area contributed by atoms with Gasteiger partial charge in [0.2, 0.25) is 65.2 Å². The number of hydrogen-bond donors (Lipinski definition) is 20. The molecule has 0 radical (unpaired) electrons. The molecule has 13 rings (SSSR count). The molecule has 2 saturated heterocycles. The molecular weight excluding hydrogens is 1530 g/mol. The van der Waals surface area contributed by atoms with Gasteiger partial charge in [-0.1, -0.05) is 66.8 Å². The largest absolute Gasteiger partial charge is 0.508 e. The number of carbonyl (C=O) groups excluding carboxylic acids is 9. The molecule has 6 aromatic carbocycles. The third-order valence-electron chi connectivity index (χ3n) is 19.3. The number of nitrogens with two attached hydrogens (primary N) is 2. The molecule has 6 aromatic rings. The zero-order valence-electron chi connectivity index (χ0n) is 60.2. The van der Waals surface area contributed by atoms with Crippen LogP contribution < -0.4 is 73.5 Å². The fourth-order valence-electron chi connectivity index (χ4n) is 13.5. The van der Waals surface area contributed by atoms with Crippen LogP contribution in [-0.2, 0) is 57.4 Å². The maximum Gasteiger partial charge on any atom is 0.248 e. The number of hydrogen-bond acceptors (Lipinski definition) is 26. The number of halogens is 3. The highest BCUT2D eigenvalue weighted by Crippen LogP contribution is 2.50. The van der Waals surface area contributed by atoms with Crippen molar-refractivity contribution in [3.63, 3.8) is 0 Å². The number of fused-ring (bicyclic) bond motifs is 15. The SMILES string of the molecule is CN[C@H](CC(C)C)C(=O)N[C@H]1C(=O)N[C@@H](CC(N)=O)C(=O)NC2C(=O)N[C@H]3C(=O)N[C@H](C(=O)NC(C(=O)NCC(=O)Nc4ccc(Cl)cc4)c4cc(O)cc(O)c4-c4cc3ccc4O)[C@H](O)c3ccc(c(Cl)c3)Oc3cc2cc(c3O[C@@H]2O[C@H](CO)[C@@H](O)[C@H](O)[C@H]2OC2C[C@](C)(N)[C@H](O)[C@H](C)O2)Oc2ccc(cc2Cl)[C@H]1O. The van der Waals surface area contributed by atoms with Crippen molar-refractivity contribution in [2.75, 3.05) is 25.5 Å². The van der Waals surface area contributed by atoms with Gasteiger partial charge in [0, 0.05) is 39.9 Å². The number of primary amides is 1. The molecule has 7 heterocycles. The van der Waals surface area contributed by atoms with Crippen LogP contribution in [0.1, 0.15) is 105 Å². The van der Waals surface area contributed by atoms with Crippen molar-refractivity contribution in [1.82, 2.24) is 42.5 Å². The molecule has 35 nitrogen and oxygen atoms in total. The summed E-state index contributed by atoms with van der Waals surface area (Å²) < 4.78 is 38.5. The van der Waals surface area contributed by atoms with Gasteiger partial charge in [0.05, 0.1) is 47.9 Å². The Balaban J connectivity index is 1.13. The van der Waals surface area contributed by atoms with Crippen LogP contribution in [0.25, 0.3) is 11.1 Å². The maximum absolute atomic E-state index is 16.2. The van der Waals surface area contributed by atoms with E-state index < -0.39 is 250 Å². The highest BCUT2D eigenvalue weighted by molar-refractivity contribution is 6.32. The highest BCUT2D eigenvalue weighted by atomic mass is 35.5. The zero-order valence-corrected chi connectivity index (χ0v) is 62.4. The van der Waals surface area contributed by atoms with E-state index in [-0.39, 0.29) is 51.9 Å². The van der Waals surface area contributed by atoms with E-state index in [1.54, 1.807) is 0 Å². The summed E-state index contributed by atoms with van der Waals surface area (Å²) in [5.74, 6) is -16.3. The summed E-state index contributed by atoms with van der Waals surface area (Å²) in [5, 5.41) is 127. The van der Waals surface area contributed by atoms with Crippen molar-refractivity contribution in [2.45, 2.75) is 156 Å². The summed E-state index contributed by atoms with van der Waals surface area (Å²) >= 11 is 20.3. The third kappa shape index (κ3) is 18.3. The number of benzene rings is 6. The van der Waals surface area contributed by atoms with Gasteiger partial charge < -0.3 is 134 Å². The van der Waals surface area contributed by atoms with E-state index in [4.69, 9.17) is 74.7 Å². The van der Waals surface area contributed by atoms with Crippen LogP contribution in [0.15, 0.2) is 103 Å². The topological polar surface area (TPSA) is 551 Å². The van der Waals surface area contributed by atoms with Crippen molar-refractivity contribution in [3.8, 4) is 57.1 Å². The van der Waals surface area contributed by atoms with E-state index in [1.807, 2.05) is 13.8 Å². The second kappa shape index (κ2) is 34.4. The molecule has 22 N–H and O–H groups in total. The fourth-order valence-corrected chi connectivity index (χ4v) is 14.1. The van der Waals surface area contributed by atoms with Gasteiger partial charge in [0.1, 0.15) is 95.5 Å². The fraction of sp³-hybridized carbons (Fsp3) is 0.392. The van der Waals surface area contributed by atoms with E-state index in [9.17, 15) is 69.9 Å². The molecule has 7 aliphatic heterocycles. The van der Waals surface area contributed by atoms with Crippen molar-refractivity contribution < 1.29 is 118 Å². The van der Waals surface area contributed by atoms with Crippen molar-refractivity contribution in [1.29, 1.82) is 0 Å². The normalized spacial score (nSPS) is 27.6. The van der Waals surface area contributed by atoms with Crippen molar-refractivity contribution in [3.05, 3.63) is 146 Å². The lowest BCUT2D eigenvalue weighted by molar-refractivity contribution is -0.333. The predicted octanol–water partition coefficient (Wildman–Crippen LogP) is 1.43. The Morgan fingerprint density at radius 1 is 0.688 bits per heavy atom. The van der Waals surface area contributed by atoms with E-state index in [0.717, 1.165) is 66.7 Å². The number of aliphatic hydroxyl groups excluding tert-OH is 6. The van der Waals surface area contributed by atoms with E-state index in [1.165, 1.54) is 57.3 Å². The number of anilines is 1. The summed E-state index contributed by atoms with van der Waals surface area (Å²) in [4.78, 5) is 133. The number of phenolic OH excluding ortho intramolecular Hbond substituents is 3. The molecule has 0 aromatic heterocycles. The summed E-state index contributed by atoms with van der Waals surface area (Å²) in [6, 6.07) is 5.31. The first-order valence-electron chi connectivity index (χ1n) is 35.1. The van der Waals surface area contributed by atoms with Crippen molar-refractivity contribution >= 4 is 93.7 Å². The molecule has 11 bridgehead atoms. The van der Waals surface area contributed by atoms with Gasteiger partial charge in [-0.2, -0.15) is 0 Å². The van der Waals surface area contributed by atoms with Crippen LogP contribution in [0.4, 0.5) is 5.69 Å². The summed E-state index contributed by atoms with van der Waals surface area (Å²) in [7, 11) is 1.47. The van der Waals surface area contributed by atoms with Gasteiger partial charge in [-0.15, -0.1) is 0 Å². The first-order valence-corrected chi connectivity index (χ1v) is 36.2. The van der Waals surface area contributed by atoms with Gasteiger partial charge >= 0.3 is 0 Å². The van der Waals surface area contributed by atoms with Crippen LogP contribution >= 0.6 is 34.8 Å². The average Bonchev–Trinajstić information content (AvgIpc) is 0.769. The molecule has 3 unspecified atom stereocenters. The molecule has 18 atom stereocenters. The number of phenols is 3. The first-order chi connectivity index (χ1) is 53.0. The van der Waals surface area contributed by atoms with Crippen LogP contribution in [0, 0.1) is 5.92 Å². The maximum atomic E-state index is 16.2. The van der Waals surface area contributed by atoms with E-state index >= 15 is 19.2 Å². The number of amides is 9. The molecule has 0 saturated carbocycles. The Morgan fingerprint density at radius 3 is 1.91 bits per heavy atom. The Kier molecular flexibility index (Phi) is 25.4. The van der Waals surface area contributed by atoms with Gasteiger partial charge in [-0.05, 0) is 140 Å². The number of nitrogens with one attached hydrogen (secondary N) is 9. The van der Waals surface area contributed by atoms with E-state index in [0.29, 0.717) is 5.02 Å². The second-order valence-electron chi connectivity index (χ2n) is 28.1. The van der Waals surface area contributed by atoms with Crippen LogP contribution in [-0.4, -0.2) is 198 Å². The van der Waals surface area contributed by atoms with Gasteiger partial charge in [0.25, 0.3) is 0 Å². The van der Waals surface area contributed by atoms with Crippen LogP contribution in [0.3, 0.4) is 0 Å². The molecule has 112 heavy (non-hydrogen) atoms. The molecule has 38 heteroatoms. The highest BCUT2D eigenvalue weighted by Gasteiger charge is 2.52. The second-order valence-corrected chi connectivity index (χ2v) is 29.4. The number of aromatic hydroxyl groups is 3. The van der Waals surface area contributed by atoms with Gasteiger partial charge in [-0.3, -0.25) is 43.2 Å². The minimum atomic E-state index is -2.37. The van der Waals surface area contributed by atoms with Crippen molar-refractivity contribution in [2.24, 2.45) is 17.4 Å². The Hall–Kier alpha value is -10.2. The molecule has 598 valence electrons. The number of likely N-dealkylation sites (N-methyl/N-ethyl adjacent to an activating group) is 1. The number of rotatable bonds is 16. The first kappa shape index (κ1) is 82.7. The molecule has 7 aliphatic rings. The Labute approximate surface area is 652 Å². The monoisotopic (exact) mass is 1610 g/mol. The molecule has 9 amide bonds. The lowest BCUT2D eigenvalue weighted by Gasteiger charge is -2.47. The molecular formula is C74H82Cl3N11O24. The minimum Gasteiger partial charge on any atom is -0.508 e. The molecule has 0 spiro atoms. The van der Waals surface area contributed by atoms with Gasteiger partial charge in [-0.25, -0.2) is 0 Å². The predicted molar refractivity (Wildman–Crippen MR) is 395 cm³/mol. The lowest BCUT2D eigenvalue weighted by Crippen LogP contribution is -2.64. The number of ether oxygens (including phenoxy) is 6. The zero-order chi connectivity index (χ0) is 81.2. The van der Waals surface area contributed by atoms with Crippen LogP contribution in [0.2, 0.25) is 15.1 Å². The molecule has 0 aliphatic carbocycles. The summed E-state index contributed by atoms with van der Waals surface area (Å²) in [6.45, 7) is 4.84. The lowest BCUT2D eigenvalue weighted by atomic mass is 9.86. The number of carbonyl (C=O) groups is 9. The Morgan fingerprint density at radius 2 is 1.30 bits per heavy atom. The molecule has 2 fully saturated rings. The number of aliphatic hydroxyl groups is 6. The van der Waals surface area contributed by atoms with Crippen LogP contribution in [0.5, 0.6) is 46.0 Å². The smallest absolute Gasteiger partial charge is 0.248 e. The van der Waals surface area contributed by atoms with Gasteiger partial charge in [0.15, 0.2) is 23.9 Å². The minimum absolute atomic E-state index is 0.109. The van der Waals surface area contributed by atoms with E-state index in [2.05, 4.69) is 47.9 Å². The summed E-state index contributed by atoms with van der Waals surface area (Å²) in [5.41, 5.74) is 8.36.